The second-order valence-corrected chi connectivity index (χ2v) is 6.84. The molecule has 2 heterocycles. The predicted octanol–water partition coefficient (Wildman–Crippen LogP) is 4.14. The molecule has 0 radical (unpaired) electrons. The lowest BCUT2D eigenvalue weighted by Crippen LogP contribution is -2.36. The topological polar surface area (TPSA) is 54.3 Å². The molecule has 2 aromatic rings. The molecule has 0 atom stereocenters. The van der Waals surface area contributed by atoms with Crippen molar-refractivity contribution < 1.29 is 5.41 Å². The van der Waals surface area contributed by atoms with E-state index in [0.29, 0.717) is 5.92 Å². The Bertz CT molecular complexity index is 693. The fraction of sp³-hybridized carbons (Fsp3) is 0.412. The second-order valence-electron chi connectivity index (χ2n) is 5.51. The lowest BCUT2D eigenvalue weighted by atomic mass is 9.92. The lowest BCUT2D eigenvalue weighted by molar-refractivity contribution is -0.112. The summed E-state index contributed by atoms with van der Waals surface area (Å²) in [6.07, 6.45) is 4.16. The number of hydrogen-bond donors (Lipinski definition) is 2. The van der Waals surface area contributed by atoms with E-state index in [4.69, 9.17) is 22.0 Å². The quantitative estimate of drug-likeness (QED) is 0.765. The zero-order valence-electron chi connectivity index (χ0n) is 13.5. The van der Waals surface area contributed by atoms with Crippen molar-refractivity contribution in [3.05, 3.63) is 34.1 Å². The third-order valence-corrected chi connectivity index (χ3v) is 5.15. The monoisotopic (exact) mass is 336 g/mol. The first-order chi connectivity index (χ1) is 10.5. The summed E-state index contributed by atoms with van der Waals surface area (Å²) < 4.78 is 0. The molecule has 0 bridgehead atoms. The smallest absolute Gasteiger partial charge is 0.170 e. The molecule has 0 saturated heterocycles. The van der Waals surface area contributed by atoms with Crippen molar-refractivity contribution in [3.63, 3.8) is 0 Å². The number of halogens is 1. The number of nitrogens with two attached hydrogens (primary N) is 1. The van der Waals surface area contributed by atoms with Crippen LogP contribution in [-0.2, 0) is 0 Å². The number of H-pyrrole nitrogens is 1. The van der Waals surface area contributed by atoms with Crippen LogP contribution >= 0.6 is 22.9 Å². The van der Waals surface area contributed by atoms with Crippen molar-refractivity contribution in [3.8, 4) is 10.6 Å². The lowest BCUT2D eigenvalue weighted by Gasteiger charge is -2.14. The van der Waals surface area contributed by atoms with E-state index < -0.39 is 0 Å². The summed E-state index contributed by atoms with van der Waals surface area (Å²) in [7, 11) is 0. The molecule has 0 aliphatic carbocycles. The van der Waals surface area contributed by atoms with Crippen molar-refractivity contribution in [2.45, 2.75) is 40.5 Å². The van der Waals surface area contributed by atoms with Crippen LogP contribution in [0.1, 0.15) is 45.1 Å². The summed E-state index contributed by atoms with van der Waals surface area (Å²) in [5.74, 6) is 1.34. The van der Waals surface area contributed by atoms with Gasteiger partial charge in [0.1, 0.15) is 11.5 Å². The van der Waals surface area contributed by atoms with E-state index in [0.717, 1.165) is 45.7 Å². The van der Waals surface area contributed by atoms with Crippen LogP contribution in [0.3, 0.4) is 0 Å². The Morgan fingerprint density at radius 3 is 2.64 bits per heavy atom. The SMILES string of the molecule is CCC(CC)/C(=C/C(C)=[NH2+])c1nc(-c2sccc2Cl)c(C)[nH]1. The highest BCUT2D eigenvalue weighted by atomic mass is 35.5. The number of thiophene rings is 1. The van der Waals surface area contributed by atoms with Crippen LogP contribution in [-0.4, -0.2) is 15.7 Å². The third kappa shape index (κ3) is 3.50. The van der Waals surface area contributed by atoms with Gasteiger partial charge in [0.15, 0.2) is 5.71 Å². The van der Waals surface area contributed by atoms with Gasteiger partial charge in [-0.25, -0.2) is 4.98 Å². The van der Waals surface area contributed by atoms with Crippen LogP contribution < -0.4 is 5.41 Å². The first-order valence-corrected chi connectivity index (χ1v) is 8.84. The van der Waals surface area contributed by atoms with Gasteiger partial charge in [-0.3, -0.25) is 5.41 Å². The van der Waals surface area contributed by atoms with Crippen LogP contribution in [0.4, 0.5) is 0 Å². The van der Waals surface area contributed by atoms with E-state index in [1.54, 1.807) is 11.3 Å². The molecule has 0 aromatic carbocycles. The van der Waals surface area contributed by atoms with Crippen molar-refractivity contribution in [2.75, 3.05) is 0 Å². The Hall–Kier alpha value is -1.39. The molecule has 0 saturated carbocycles. The van der Waals surface area contributed by atoms with E-state index >= 15 is 0 Å². The largest absolute Gasteiger partial charge is 0.342 e. The summed E-state index contributed by atoms with van der Waals surface area (Å²) in [6, 6.07) is 1.91. The van der Waals surface area contributed by atoms with E-state index in [-0.39, 0.29) is 0 Å². The Balaban J connectivity index is 2.51. The molecule has 0 aliphatic heterocycles. The highest BCUT2D eigenvalue weighted by molar-refractivity contribution is 7.14. The van der Waals surface area contributed by atoms with Gasteiger partial charge in [0.2, 0.25) is 0 Å². The predicted molar refractivity (Wildman–Crippen MR) is 96.3 cm³/mol. The van der Waals surface area contributed by atoms with E-state index in [1.807, 2.05) is 31.4 Å². The molecule has 2 aromatic heterocycles. The molecule has 0 fully saturated rings. The molecule has 0 amide bonds. The summed E-state index contributed by atoms with van der Waals surface area (Å²) in [5, 5.41) is 8.66. The molecular weight excluding hydrogens is 314 g/mol. The van der Waals surface area contributed by atoms with Crippen molar-refractivity contribution in [1.29, 1.82) is 0 Å². The number of rotatable bonds is 6. The third-order valence-electron chi connectivity index (χ3n) is 3.80. The number of imidazole rings is 1. The van der Waals surface area contributed by atoms with Gasteiger partial charge in [0.25, 0.3) is 0 Å². The number of nitrogens with one attached hydrogen (secondary N) is 1. The molecule has 3 N–H and O–H groups in total. The minimum absolute atomic E-state index is 0.440. The maximum Gasteiger partial charge on any atom is 0.170 e. The zero-order valence-corrected chi connectivity index (χ0v) is 15.1. The Morgan fingerprint density at radius 1 is 1.45 bits per heavy atom. The summed E-state index contributed by atoms with van der Waals surface area (Å²) in [4.78, 5) is 9.24. The second kappa shape index (κ2) is 7.25. The van der Waals surface area contributed by atoms with Crippen molar-refractivity contribution in [1.82, 2.24) is 9.97 Å². The summed E-state index contributed by atoms with van der Waals surface area (Å²) in [6.45, 7) is 8.34. The van der Waals surface area contributed by atoms with Crippen LogP contribution in [0.15, 0.2) is 17.5 Å². The first-order valence-electron chi connectivity index (χ1n) is 7.58. The molecule has 3 nitrogen and oxygen atoms in total. The average Bonchev–Trinajstić information content (AvgIpc) is 3.04. The van der Waals surface area contributed by atoms with Gasteiger partial charge in [0, 0.05) is 24.3 Å². The van der Waals surface area contributed by atoms with Crippen LogP contribution in [0, 0.1) is 12.8 Å². The summed E-state index contributed by atoms with van der Waals surface area (Å²) in [5.41, 5.74) is 3.94. The highest BCUT2D eigenvalue weighted by Gasteiger charge is 2.20. The van der Waals surface area contributed by atoms with Gasteiger partial charge in [-0.2, -0.15) is 0 Å². The standard InChI is InChI=1S/C17H22ClN3S/c1-5-12(6-2)13(9-10(3)19)17-20-11(4)15(21-17)16-14(18)7-8-22-16/h7-9,12,19H,5-6H2,1-4H3,(H,20,21)/p+1/b13-9-,19-10?. The first kappa shape index (κ1) is 17.0. The highest BCUT2D eigenvalue weighted by Crippen LogP contribution is 2.36. The Morgan fingerprint density at radius 2 is 2.14 bits per heavy atom. The molecular formula is C17H23ClN3S+. The molecule has 5 heteroatoms. The number of hydrogen-bond acceptors (Lipinski definition) is 2. The number of aromatic amines is 1. The number of aromatic nitrogens is 2. The van der Waals surface area contributed by atoms with Crippen LogP contribution in [0.2, 0.25) is 5.02 Å². The fourth-order valence-electron chi connectivity index (χ4n) is 2.63. The molecule has 0 aliphatic rings. The fourth-order valence-corrected chi connectivity index (χ4v) is 3.83. The average molecular weight is 337 g/mol. The molecule has 0 spiro atoms. The minimum atomic E-state index is 0.440. The van der Waals surface area contributed by atoms with E-state index in [2.05, 4.69) is 18.8 Å². The molecule has 2 rings (SSSR count). The maximum absolute atomic E-state index is 6.25. The van der Waals surface area contributed by atoms with E-state index in [9.17, 15) is 0 Å². The van der Waals surface area contributed by atoms with Crippen LogP contribution in [0.5, 0.6) is 0 Å². The van der Waals surface area contributed by atoms with Gasteiger partial charge in [-0.1, -0.05) is 25.4 Å². The normalized spacial score (nSPS) is 12.2. The van der Waals surface area contributed by atoms with Gasteiger partial charge in [0.05, 0.1) is 9.90 Å². The minimum Gasteiger partial charge on any atom is -0.342 e. The van der Waals surface area contributed by atoms with E-state index in [1.165, 1.54) is 5.57 Å². The van der Waals surface area contributed by atoms with Gasteiger partial charge in [-0.15, -0.1) is 11.3 Å². The number of aryl methyl sites for hydroxylation is 1. The van der Waals surface area contributed by atoms with Gasteiger partial charge >= 0.3 is 0 Å². The number of nitrogens with zero attached hydrogens (tertiary/aromatic N) is 1. The summed E-state index contributed by atoms with van der Waals surface area (Å²) >= 11 is 7.87. The van der Waals surface area contributed by atoms with Crippen molar-refractivity contribution in [2.24, 2.45) is 5.92 Å². The van der Waals surface area contributed by atoms with Crippen LogP contribution in [0.25, 0.3) is 16.1 Å². The number of allylic oxidation sites excluding steroid dienone is 2. The Labute approximate surface area is 141 Å². The zero-order chi connectivity index (χ0) is 16.3. The molecule has 118 valence electrons. The Kier molecular flexibility index (Phi) is 5.59. The maximum atomic E-state index is 6.25. The van der Waals surface area contributed by atoms with Gasteiger partial charge in [-0.05, 0) is 37.1 Å². The van der Waals surface area contributed by atoms with Crippen molar-refractivity contribution >= 4 is 34.2 Å². The molecule has 0 unspecified atom stereocenters. The van der Waals surface area contributed by atoms with Gasteiger partial charge < -0.3 is 4.98 Å². The molecule has 22 heavy (non-hydrogen) atoms.